The predicted octanol–water partition coefficient (Wildman–Crippen LogP) is 0.426. The van der Waals surface area contributed by atoms with Crippen molar-refractivity contribution in [1.29, 1.82) is 0 Å². The predicted molar refractivity (Wildman–Crippen MR) is 61.7 cm³/mol. The fraction of sp³-hybridized carbons (Fsp3) is 0.200. The molecule has 0 atom stereocenters. The highest BCUT2D eigenvalue weighted by atomic mass is 19.1. The van der Waals surface area contributed by atoms with Gasteiger partial charge in [-0.15, -0.1) is 0 Å². The molecule has 0 aliphatic carbocycles. The Hall–Kier alpha value is -2.31. The highest BCUT2D eigenvalue weighted by Crippen LogP contribution is 2.19. The van der Waals surface area contributed by atoms with Crippen molar-refractivity contribution in [3.63, 3.8) is 0 Å². The van der Waals surface area contributed by atoms with Crippen LogP contribution < -0.4 is 16.8 Å². The van der Waals surface area contributed by atoms with E-state index < -0.39 is 11.8 Å². The summed E-state index contributed by atoms with van der Waals surface area (Å²) >= 11 is 0. The summed E-state index contributed by atoms with van der Waals surface area (Å²) in [6.07, 6.45) is 0. The largest absolute Gasteiger partial charge is 0.369 e. The Balaban J connectivity index is 2.30. The number of primary amides is 1. The average Bonchev–Trinajstić information content (AvgIpc) is 2.57. The number of nitrogen functional groups attached to an aromatic ring is 1. The molecule has 7 heteroatoms. The Kier molecular flexibility index (Phi) is 2.82. The zero-order valence-corrected chi connectivity index (χ0v) is 8.98. The highest BCUT2D eigenvalue weighted by Gasteiger charge is 2.10. The Morgan fingerprint density at radius 2 is 2.29 bits per heavy atom. The molecule has 0 unspecified atom stereocenters. The van der Waals surface area contributed by atoms with Crippen LogP contribution in [-0.4, -0.2) is 22.1 Å². The molecule has 0 spiro atoms. The third-order valence-corrected chi connectivity index (χ3v) is 2.39. The minimum atomic E-state index is -0.612. The van der Waals surface area contributed by atoms with Crippen molar-refractivity contribution in [3.8, 4) is 0 Å². The van der Waals surface area contributed by atoms with Gasteiger partial charge in [0.25, 0.3) is 0 Å². The lowest BCUT2D eigenvalue weighted by Gasteiger charge is -2.06. The molecule has 0 saturated heterocycles. The van der Waals surface area contributed by atoms with Crippen molar-refractivity contribution in [2.24, 2.45) is 5.73 Å². The summed E-state index contributed by atoms with van der Waals surface area (Å²) in [4.78, 5) is 14.5. The van der Waals surface area contributed by atoms with E-state index in [1.54, 1.807) is 16.7 Å². The Bertz CT molecular complexity index is 565. The van der Waals surface area contributed by atoms with E-state index in [2.05, 4.69) is 10.3 Å². The molecule has 0 aliphatic heterocycles. The normalized spacial score (nSPS) is 10.6. The number of halogens is 1. The molecule has 2 amide bonds. The number of nitrogens with one attached hydrogen (secondary N) is 1. The summed E-state index contributed by atoms with van der Waals surface area (Å²) in [5, 5.41) is 2.43. The van der Waals surface area contributed by atoms with Gasteiger partial charge >= 0.3 is 6.03 Å². The number of imidazole rings is 1. The van der Waals surface area contributed by atoms with Gasteiger partial charge in [0, 0.05) is 13.1 Å². The van der Waals surface area contributed by atoms with Gasteiger partial charge < -0.3 is 21.4 Å². The number of amides is 2. The second kappa shape index (κ2) is 4.28. The number of aromatic nitrogens is 2. The van der Waals surface area contributed by atoms with Gasteiger partial charge in [-0.3, -0.25) is 0 Å². The first kappa shape index (κ1) is 11.2. The van der Waals surface area contributed by atoms with Crippen LogP contribution in [-0.2, 0) is 6.54 Å². The number of urea groups is 1. The van der Waals surface area contributed by atoms with E-state index in [4.69, 9.17) is 11.5 Å². The van der Waals surface area contributed by atoms with Crippen LogP contribution in [0.4, 0.5) is 15.1 Å². The number of carbonyl (C=O) groups excluding carboxylic acids is 1. The maximum Gasteiger partial charge on any atom is 0.312 e. The summed E-state index contributed by atoms with van der Waals surface area (Å²) < 4.78 is 15.0. The monoisotopic (exact) mass is 237 g/mol. The quantitative estimate of drug-likeness (QED) is 0.721. The molecule has 90 valence electrons. The Labute approximate surface area is 96.4 Å². The molecule has 0 radical (unpaired) electrons. The lowest BCUT2D eigenvalue weighted by Crippen LogP contribution is -2.32. The minimum Gasteiger partial charge on any atom is -0.369 e. The van der Waals surface area contributed by atoms with Crippen molar-refractivity contribution in [3.05, 3.63) is 24.0 Å². The van der Waals surface area contributed by atoms with Crippen LogP contribution in [0.1, 0.15) is 0 Å². The lowest BCUT2D eigenvalue weighted by molar-refractivity contribution is 0.248. The van der Waals surface area contributed by atoms with Crippen LogP contribution in [0.25, 0.3) is 11.0 Å². The number of para-hydroxylation sites is 1. The van der Waals surface area contributed by atoms with E-state index in [9.17, 15) is 9.18 Å². The number of nitrogens with two attached hydrogens (primary N) is 2. The maximum atomic E-state index is 13.4. The van der Waals surface area contributed by atoms with Gasteiger partial charge in [0.1, 0.15) is 5.52 Å². The number of hydrogen-bond acceptors (Lipinski definition) is 3. The molecule has 0 fully saturated rings. The highest BCUT2D eigenvalue weighted by molar-refractivity contribution is 5.78. The van der Waals surface area contributed by atoms with Crippen LogP contribution in [0, 0.1) is 5.82 Å². The molecule has 6 nitrogen and oxygen atoms in total. The molecule has 2 rings (SSSR count). The summed E-state index contributed by atoms with van der Waals surface area (Å²) in [5.41, 5.74) is 11.4. The molecule has 1 aromatic heterocycles. The van der Waals surface area contributed by atoms with Gasteiger partial charge in [0.2, 0.25) is 5.95 Å². The summed E-state index contributed by atoms with van der Waals surface area (Å²) in [6, 6.07) is 4.00. The molecule has 2 aromatic rings. The van der Waals surface area contributed by atoms with E-state index in [0.717, 1.165) is 0 Å². The summed E-state index contributed by atoms with van der Waals surface area (Å²) in [6.45, 7) is 0.691. The molecule has 1 heterocycles. The van der Waals surface area contributed by atoms with Crippen LogP contribution >= 0.6 is 0 Å². The van der Waals surface area contributed by atoms with Crippen molar-refractivity contribution in [2.75, 3.05) is 12.3 Å². The van der Waals surface area contributed by atoms with E-state index in [-0.39, 0.29) is 11.5 Å². The molecule has 0 saturated carbocycles. The second-order valence-electron chi connectivity index (χ2n) is 3.52. The first-order valence-electron chi connectivity index (χ1n) is 5.03. The lowest BCUT2D eigenvalue weighted by atomic mass is 10.3. The fourth-order valence-electron chi connectivity index (χ4n) is 1.66. The van der Waals surface area contributed by atoms with E-state index in [1.165, 1.54) is 6.07 Å². The topological polar surface area (TPSA) is 99.0 Å². The zero-order valence-electron chi connectivity index (χ0n) is 8.98. The third kappa shape index (κ3) is 2.12. The average molecular weight is 237 g/mol. The van der Waals surface area contributed by atoms with Gasteiger partial charge in [-0.25, -0.2) is 14.2 Å². The van der Waals surface area contributed by atoms with Gasteiger partial charge in [0.15, 0.2) is 5.82 Å². The van der Waals surface area contributed by atoms with Gasteiger partial charge in [-0.05, 0) is 12.1 Å². The SMILES string of the molecule is NC(=O)NCCn1c(N)nc2c(F)cccc21. The van der Waals surface area contributed by atoms with Gasteiger partial charge in [-0.1, -0.05) is 6.07 Å². The standard InChI is InChI=1S/C10H12FN5O/c11-6-2-1-3-7-8(6)15-9(12)16(7)5-4-14-10(13)17/h1-3H,4-5H2,(H2,12,15)(H3,13,14,17). The van der Waals surface area contributed by atoms with Crippen LogP contribution in [0.15, 0.2) is 18.2 Å². The maximum absolute atomic E-state index is 13.4. The number of benzene rings is 1. The zero-order chi connectivity index (χ0) is 12.4. The smallest absolute Gasteiger partial charge is 0.312 e. The molecule has 0 aliphatic rings. The van der Waals surface area contributed by atoms with Crippen LogP contribution in [0.5, 0.6) is 0 Å². The first-order valence-corrected chi connectivity index (χ1v) is 5.03. The Morgan fingerprint density at radius 1 is 1.53 bits per heavy atom. The van der Waals surface area contributed by atoms with Crippen molar-refractivity contribution >= 4 is 23.0 Å². The number of carbonyl (C=O) groups is 1. The molecular formula is C10H12FN5O. The summed E-state index contributed by atoms with van der Waals surface area (Å²) in [5.74, 6) is -0.216. The molecule has 17 heavy (non-hydrogen) atoms. The van der Waals surface area contributed by atoms with Crippen LogP contribution in [0.2, 0.25) is 0 Å². The van der Waals surface area contributed by atoms with E-state index in [1.807, 2.05) is 0 Å². The number of hydrogen-bond donors (Lipinski definition) is 3. The van der Waals surface area contributed by atoms with Crippen LogP contribution in [0.3, 0.4) is 0 Å². The number of nitrogens with zero attached hydrogens (tertiary/aromatic N) is 2. The van der Waals surface area contributed by atoms with Crippen molar-refractivity contribution in [1.82, 2.24) is 14.9 Å². The molecule has 0 bridgehead atoms. The molecule has 5 N–H and O–H groups in total. The molecular weight excluding hydrogens is 225 g/mol. The third-order valence-electron chi connectivity index (χ3n) is 2.39. The number of fused-ring (bicyclic) bond motifs is 1. The minimum absolute atomic E-state index is 0.205. The van der Waals surface area contributed by atoms with E-state index in [0.29, 0.717) is 18.6 Å². The Morgan fingerprint density at radius 3 is 3.00 bits per heavy atom. The number of rotatable bonds is 3. The summed E-state index contributed by atoms with van der Waals surface area (Å²) in [7, 11) is 0. The number of anilines is 1. The van der Waals surface area contributed by atoms with Gasteiger partial charge in [0.05, 0.1) is 5.52 Å². The van der Waals surface area contributed by atoms with E-state index >= 15 is 0 Å². The van der Waals surface area contributed by atoms with Gasteiger partial charge in [-0.2, -0.15) is 0 Å². The van der Waals surface area contributed by atoms with Crippen molar-refractivity contribution < 1.29 is 9.18 Å². The first-order chi connectivity index (χ1) is 8.09. The molecule has 1 aromatic carbocycles. The fourth-order valence-corrected chi connectivity index (χ4v) is 1.66. The second-order valence-corrected chi connectivity index (χ2v) is 3.52. The van der Waals surface area contributed by atoms with Crippen molar-refractivity contribution in [2.45, 2.75) is 6.54 Å².